The zero-order valence-electron chi connectivity index (χ0n) is 20.2. The SMILES string of the molecule is CC1(COc2ccc3c(c2)ncn3-c2ccc3cccc(N4CCC(NC(=O)O)CC4)c3n2)COC1. The van der Waals surface area contributed by atoms with Crippen LogP contribution in [0.15, 0.2) is 54.9 Å². The summed E-state index contributed by atoms with van der Waals surface area (Å²) in [6.45, 7) is 5.81. The zero-order valence-corrected chi connectivity index (χ0v) is 20.2. The van der Waals surface area contributed by atoms with Gasteiger partial charge in [-0.1, -0.05) is 19.1 Å². The maximum absolute atomic E-state index is 11.0. The number of ether oxygens (including phenoxy) is 2. The maximum atomic E-state index is 11.0. The Morgan fingerprint density at radius 1 is 1.19 bits per heavy atom. The monoisotopic (exact) mass is 487 g/mol. The summed E-state index contributed by atoms with van der Waals surface area (Å²) in [5.74, 6) is 1.60. The number of amides is 1. The highest BCUT2D eigenvalue weighted by atomic mass is 16.5. The topological polar surface area (TPSA) is 102 Å². The van der Waals surface area contributed by atoms with E-state index in [2.05, 4.69) is 40.3 Å². The van der Waals surface area contributed by atoms with E-state index in [4.69, 9.17) is 19.6 Å². The quantitative estimate of drug-likeness (QED) is 0.420. The number of nitrogens with zero attached hydrogens (tertiary/aromatic N) is 4. The molecule has 2 aromatic carbocycles. The summed E-state index contributed by atoms with van der Waals surface area (Å²) in [6, 6.07) is 16.3. The second kappa shape index (κ2) is 8.98. The van der Waals surface area contributed by atoms with Crippen molar-refractivity contribution in [2.75, 3.05) is 37.8 Å². The van der Waals surface area contributed by atoms with Gasteiger partial charge < -0.3 is 24.8 Å². The maximum Gasteiger partial charge on any atom is 0.404 e. The summed E-state index contributed by atoms with van der Waals surface area (Å²) < 4.78 is 13.3. The van der Waals surface area contributed by atoms with Crippen LogP contribution in [0.25, 0.3) is 27.8 Å². The first-order valence-corrected chi connectivity index (χ1v) is 12.3. The van der Waals surface area contributed by atoms with Gasteiger partial charge in [-0.3, -0.25) is 4.57 Å². The molecule has 0 atom stereocenters. The Bertz CT molecular complexity index is 1420. The van der Waals surface area contributed by atoms with E-state index in [1.807, 2.05) is 34.9 Å². The van der Waals surface area contributed by atoms with Crippen LogP contribution in [0.2, 0.25) is 0 Å². The number of hydrogen-bond donors (Lipinski definition) is 2. The van der Waals surface area contributed by atoms with E-state index < -0.39 is 6.09 Å². The normalized spacial score (nSPS) is 17.8. The summed E-state index contributed by atoms with van der Waals surface area (Å²) in [5.41, 5.74) is 3.90. The molecule has 2 N–H and O–H groups in total. The molecule has 0 unspecified atom stereocenters. The van der Waals surface area contributed by atoms with Crippen molar-refractivity contribution in [2.24, 2.45) is 5.41 Å². The fourth-order valence-corrected chi connectivity index (χ4v) is 5.01. The molecule has 1 amide bonds. The van der Waals surface area contributed by atoms with Gasteiger partial charge in [0.05, 0.1) is 42.1 Å². The number of anilines is 1. The number of nitrogens with one attached hydrogen (secondary N) is 1. The Morgan fingerprint density at radius 3 is 2.78 bits per heavy atom. The van der Waals surface area contributed by atoms with Gasteiger partial charge in [-0.25, -0.2) is 14.8 Å². The highest BCUT2D eigenvalue weighted by Gasteiger charge is 2.34. The molecule has 186 valence electrons. The first kappa shape index (κ1) is 22.6. The number of carbonyl (C=O) groups is 1. The van der Waals surface area contributed by atoms with Crippen LogP contribution < -0.4 is 15.0 Å². The number of para-hydroxylation sites is 1. The lowest BCUT2D eigenvalue weighted by atomic mass is 9.90. The van der Waals surface area contributed by atoms with Crippen molar-refractivity contribution in [1.29, 1.82) is 0 Å². The average molecular weight is 488 g/mol. The summed E-state index contributed by atoms with van der Waals surface area (Å²) in [7, 11) is 0. The molecule has 0 saturated carbocycles. The van der Waals surface area contributed by atoms with Crippen LogP contribution in [0, 0.1) is 5.41 Å². The van der Waals surface area contributed by atoms with Gasteiger partial charge in [-0.05, 0) is 43.2 Å². The molecule has 0 bridgehead atoms. The van der Waals surface area contributed by atoms with Gasteiger partial charge in [-0.2, -0.15) is 0 Å². The van der Waals surface area contributed by atoms with Gasteiger partial charge in [0.15, 0.2) is 0 Å². The van der Waals surface area contributed by atoms with E-state index in [0.717, 1.165) is 78.3 Å². The molecule has 2 aliphatic heterocycles. The van der Waals surface area contributed by atoms with E-state index in [-0.39, 0.29) is 11.5 Å². The lowest BCUT2D eigenvalue weighted by Gasteiger charge is -2.37. The van der Waals surface area contributed by atoms with Crippen LogP contribution in [-0.2, 0) is 4.74 Å². The lowest BCUT2D eigenvalue weighted by molar-refractivity contribution is -0.120. The second-order valence-corrected chi connectivity index (χ2v) is 10.1. The third-order valence-corrected chi connectivity index (χ3v) is 7.10. The van der Waals surface area contributed by atoms with Gasteiger partial charge in [0.1, 0.15) is 17.9 Å². The second-order valence-electron chi connectivity index (χ2n) is 10.1. The largest absolute Gasteiger partial charge is 0.493 e. The van der Waals surface area contributed by atoms with Crippen molar-refractivity contribution in [2.45, 2.75) is 25.8 Å². The predicted molar refractivity (Wildman–Crippen MR) is 137 cm³/mol. The first-order chi connectivity index (χ1) is 17.5. The number of hydrogen-bond acceptors (Lipinski definition) is 6. The molecule has 9 nitrogen and oxygen atoms in total. The smallest absolute Gasteiger partial charge is 0.404 e. The van der Waals surface area contributed by atoms with Crippen molar-refractivity contribution in [3.63, 3.8) is 0 Å². The molecule has 4 aromatic rings. The summed E-state index contributed by atoms with van der Waals surface area (Å²) >= 11 is 0. The summed E-state index contributed by atoms with van der Waals surface area (Å²) in [5, 5.41) is 12.7. The highest BCUT2D eigenvalue weighted by molar-refractivity contribution is 5.92. The minimum atomic E-state index is -0.960. The van der Waals surface area contributed by atoms with Gasteiger partial charge in [0, 0.05) is 36.0 Å². The lowest BCUT2D eigenvalue weighted by Crippen LogP contribution is -2.44. The van der Waals surface area contributed by atoms with Crippen molar-refractivity contribution in [3.05, 3.63) is 54.9 Å². The van der Waals surface area contributed by atoms with E-state index >= 15 is 0 Å². The molecule has 0 spiro atoms. The third-order valence-electron chi connectivity index (χ3n) is 7.10. The van der Waals surface area contributed by atoms with Crippen LogP contribution in [-0.4, -0.2) is 64.7 Å². The number of rotatable bonds is 6. The Balaban J connectivity index is 1.26. The van der Waals surface area contributed by atoms with Crippen molar-refractivity contribution in [1.82, 2.24) is 19.9 Å². The Morgan fingerprint density at radius 2 is 2.03 bits per heavy atom. The third kappa shape index (κ3) is 4.30. The fraction of sp³-hybridized carbons (Fsp3) is 0.370. The van der Waals surface area contributed by atoms with E-state index in [1.54, 1.807) is 6.33 Å². The standard InChI is InChI=1S/C27H29N5O4/c1-27(14-35-15-27)16-36-20-6-7-22-21(13-20)28-17-32(22)24-8-5-18-3-2-4-23(25(18)30-24)31-11-9-19(10-12-31)29-26(33)34/h2-8,13,17,19,29H,9-12,14-16H2,1H3,(H,33,34). The van der Waals surface area contributed by atoms with Gasteiger partial charge in [0.25, 0.3) is 0 Å². The van der Waals surface area contributed by atoms with Crippen molar-refractivity contribution < 1.29 is 19.4 Å². The predicted octanol–water partition coefficient (Wildman–Crippen LogP) is 4.23. The molecule has 0 aliphatic carbocycles. The summed E-state index contributed by atoms with van der Waals surface area (Å²) in [4.78, 5) is 22.9. The number of fused-ring (bicyclic) bond motifs is 2. The van der Waals surface area contributed by atoms with E-state index in [9.17, 15) is 4.79 Å². The van der Waals surface area contributed by atoms with Crippen LogP contribution in [0.3, 0.4) is 0 Å². The number of benzene rings is 2. The molecule has 2 saturated heterocycles. The molecule has 6 rings (SSSR count). The van der Waals surface area contributed by atoms with Crippen molar-refractivity contribution >= 4 is 33.7 Å². The molecule has 2 aromatic heterocycles. The molecule has 2 fully saturated rings. The molecule has 9 heteroatoms. The number of imidazole rings is 1. The number of pyridine rings is 1. The van der Waals surface area contributed by atoms with E-state index in [0.29, 0.717) is 6.61 Å². The molecular formula is C27H29N5O4. The highest BCUT2D eigenvalue weighted by Crippen LogP contribution is 2.31. The fourth-order valence-electron chi connectivity index (χ4n) is 5.01. The zero-order chi connectivity index (χ0) is 24.7. The van der Waals surface area contributed by atoms with Crippen LogP contribution >= 0.6 is 0 Å². The number of carboxylic acid groups (broad SMARTS) is 1. The van der Waals surface area contributed by atoms with Crippen molar-refractivity contribution in [3.8, 4) is 11.6 Å². The Kier molecular flexibility index (Phi) is 5.64. The number of aromatic nitrogens is 3. The molecule has 36 heavy (non-hydrogen) atoms. The van der Waals surface area contributed by atoms with Gasteiger partial charge in [0.2, 0.25) is 0 Å². The van der Waals surface area contributed by atoms with Crippen LogP contribution in [0.1, 0.15) is 19.8 Å². The first-order valence-electron chi connectivity index (χ1n) is 12.3. The van der Waals surface area contributed by atoms with Crippen LogP contribution in [0.4, 0.5) is 10.5 Å². The minimum Gasteiger partial charge on any atom is -0.493 e. The number of piperidine rings is 1. The molecule has 2 aliphatic rings. The van der Waals surface area contributed by atoms with Gasteiger partial charge in [-0.15, -0.1) is 0 Å². The average Bonchev–Trinajstić information content (AvgIpc) is 3.29. The van der Waals surface area contributed by atoms with E-state index in [1.165, 1.54) is 0 Å². The minimum absolute atomic E-state index is 0.00616. The summed E-state index contributed by atoms with van der Waals surface area (Å²) in [6.07, 6.45) is 2.38. The van der Waals surface area contributed by atoms with Gasteiger partial charge >= 0.3 is 6.09 Å². The molecule has 0 radical (unpaired) electrons. The van der Waals surface area contributed by atoms with Crippen LogP contribution in [0.5, 0.6) is 5.75 Å². The molecular weight excluding hydrogens is 458 g/mol. The Hall–Kier alpha value is -3.85. The Labute approximate surface area is 208 Å². The molecule has 4 heterocycles.